The van der Waals surface area contributed by atoms with E-state index < -0.39 is 6.04 Å². The van der Waals surface area contributed by atoms with E-state index in [-0.39, 0.29) is 11.8 Å². The van der Waals surface area contributed by atoms with Crippen LogP contribution in [-0.4, -0.2) is 43.8 Å². The van der Waals surface area contributed by atoms with Crippen LogP contribution in [0, 0.1) is 0 Å². The van der Waals surface area contributed by atoms with Crippen molar-refractivity contribution in [1.29, 1.82) is 0 Å². The second-order valence-corrected chi connectivity index (χ2v) is 8.04. The second kappa shape index (κ2) is 10.7. The Labute approximate surface area is 203 Å². The maximum atomic E-state index is 12.8. The van der Waals surface area contributed by atoms with Crippen molar-refractivity contribution >= 4 is 22.7 Å². The highest BCUT2D eigenvalue weighted by Gasteiger charge is 2.18. The zero-order chi connectivity index (χ0) is 24.8. The molecule has 1 atom stereocenters. The monoisotopic (exact) mass is 473 g/mol. The van der Waals surface area contributed by atoms with Crippen molar-refractivity contribution in [3.8, 4) is 22.8 Å². The molecule has 0 spiro atoms. The Balaban J connectivity index is 1.36. The molecule has 1 heterocycles. The van der Waals surface area contributed by atoms with E-state index in [9.17, 15) is 9.59 Å². The molecule has 0 fully saturated rings. The molecule has 0 aliphatic heterocycles. The predicted octanol–water partition coefficient (Wildman–Crippen LogP) is 3.99. The topological polar surface area (TPSA) is 103 Å². The molecule has 0 bridgehead atoms. The minimum absolute atomic E-state index is 0.269. The molecule has 1 aromatic heterocycles. The SMILES string of the molecule is COc1ccc(CCNC(=O)[C@@H](C)NC(=O)c2ccc3noc(-c4ccccc4)c3c2)cc1OC. The average Bonchev–Trinajstić information content (AvgIpc) is 3.32. The van der Waals surface area contributed by atoms with Gasteiger partial charge in [-0.3, -0.25) is 9.59 Å². The van der Waals surface area contributed by atoms with Gasteiger partial charge >= 0.3 is 0 Å². The summed E-state index contributed by atoms with van der Waals surface area (Å²) in [6, 6.07) is 19.6. The minimum Gasteiger partial charge on any atom is -0.493 e. The third-order valence-electron chi connectivity index (χ3n) is 5.68. The fourth-order valence-corrected chi connectivity index (χ4v) is 3.75. The Morgan fingerprint density at radius 3 is 2.49 bits per heavy atom. The van der Waals surface area contributed by atoms with Crippen LogP contribution in [0.4, 0.5) is 0 Å². The highest BCUT2D eigenvalue weighted by molar-refractivity contribution is 6.02. The molecule has 0 saturated carbocycles. The van der Waals surface area contributed by atoms with E-state index in [1.807, 2.05) is 48.5 Å². The molecule has 35 heavy (non-hydrogen) atoms. The van der Waals surface area contributed by atoms with Crippen molar-refractivity contribution in [2.75, 3.05) is 20.8 Å². The Bertz CT molecular complexity index is 1330. The van der Waals surface area contributed by atoms with Crippen LogP contribution < -0.4 is 20.1 Å². The fourth-order valence-electron chi connectivity index (χ4n) is 3.75. The highest BCUT2D eigenvalue weighted by Crippen LogP contribution is 2.29. The number of ether oxygens (including phenoxy) is 2. The summed E-state index contributed by atoms with van der Waals surface area (Å²) in [6.07, 6.45) is 0.610. The maximum absolute atomic E-state index is 12.8. The molecule has 0 unspecified atom stereocenters. The number of fused-ring (bicyclic) bond motifs is 1. The van der Waals surface area contributed by atoms with Crippen molar-refractivity contribution in [2.45, 2.75) is 19.4 Å². The van der Waals surface area contributed by atoms with Crippen LogP contribution in [0.3, 0.4) is 0 Å². The Hall–Kier alpha value is -4.33. The van der Waals surface area contributed by atoms with E-state index in [1.54, 1.807) is 39.3 Å². The van der Waals surface area contributed by atoms with Crippen molar-refractivity contribution < 1.29 is 23.6 Å². The molecule has 2 amide bonds. The maximum Gasteiger partial charge on any atom is 0.251 e. The van der Waals surface area contributed by atoms with Crippen LogP contribution in [0.15, 0.2) is 71.3 Å². The van der Waals surface area contributed by atoms with E-state index in [0.717, 1.165) is 16.5 Å². The van der Waals surface area contributed by atoms with Gasteiger partial charge in [-0.25, -0.2) is 0 Å². The van der Waals surface area contributed by atoms with E-state index in [2.05, 4.69) is 15.8 Å². The number of amides is 2. The molecule has 180 valence electrons. The first-order valence-electron chi connectivity index (χ1n) is 11.2. The summed E-state index contributed by atoms with van der Waals surface area (Å²) >= 11 is 0. The van der Waals surface area contributed by atoms with Crippen molar-refractivity contribution in [2.24, 2.45) is 0 Å². The smallest absolute Gasteiger partial charge is 0.251 e. The van der Waals surface area contributed by atoms with Gasteiger partial charge in [0.25, 0.3) is 5.91 Å². The molecule has 0 saturated heterocycles. The van der Waals surface area contributed by atoms with E-state index in [1.165, 1.54) is 0 Å². The van der Waals surface area contributed by atoms with Crippen LogP contribution in [-0.2, 0) is 11.2 Å². The normalized spacial score (nSPS) is 11.6. The van der Waals surface area contributed by atoms with Gasteiger partial charge in [-0.05, 0) is 49.2 Å². The van der Waals surface area contributed by atoms with Gasteiger partial charge in [0, 0.05) is 17.7 Å². The third kappa shape index (κ3) is 5.43. The van der Waals surface area contributed by atoms with Gasteiger partial charge in [-0.15, -0.1) is 0 Å². The van der Waals surface area contributed by atoms with Gasteiger partial charge in [-0.2, -0.15) is 0 Å². The zero-order valence-electron chi connectivity index (χ0n) is 19.8. The Morgan fingerprint density at radius 2 is 1.74 bits per heavy atom. The number of aromatic nitrogens is 1. The number of nitrogens with zero attached hydrogens (tertiary/aromatic N) is 1. The summed E-state index contributed by atoms with van der Waals surface area (Å²) in [5.74, 6) is 1.26. The first-order valence-corrected chi connectivity index (χ1v) is 11.2. The van der Waals surface area contributed by atoms with Gasteiger partial charge < -0.3 is 24.6 Å². The summed E-state index contributed by atoms with van der Waals surface area (Å²) in [5.41, 5.74) is 2.94. The van der Waals surface area contributed by atoms with Gasteiger partial charge in [0.05, 0.1) is 19.6 Å². The molecule has 0 aliphatic carbocycles. The molecule has 4 rings (SSSR count). The van der Waals surface area contributed by atoms with Crippen LogP contribution in [0.25, 0.3) is 22.2 Å². The van der Waals surface area contributed by atoms with Crippen LogP contribution >= 0.6 is 0 Å². The number of nitrogens with one attached hydrogen (secondary N) is 2. The number of rotatable bonds is 9. The number of hydrogen-bond acceptors (Lipinski definition) is 6. The lowest BCUT2D eigenvalue weighted by Crippen LogP contribution is -2.45. The number of carbonyl (C=O) groups excluding carboxylic acids is 2. The van der Waals surface area contributed by atoms with Gasteiger partial charge in [0.15, 0.2) is 17.3 Å². The highest BCUT2D eigenvalue weighted by atomic mass is 16.5. The number of methoxy groups -OCH3 is 2. The average molecular weight is 474 g/mol. The van der Waals surface area contributed by atoms with Crippen molar-refractivity contribution in [1.82, 2.24) is 15.8 Å². The molecule has 8 heteroatoms. The van der Waals surface area contributed by atoms with Gasteiger partial charge in [0.2, 0.25) is 5.91 Å². The molecule has 3 aromatic carbocycles. The van der Waals surface area contributed by atoms with Crippen LogP contribution in [0.2, 0.25) is 0 Å². The fraction of sp³-hybridized carbons (Fsp3) is 0.222. The first kappa shape index (κ1) is 23.8. The van der Waals surface area contributed by atoms with E-state index in [4.69, 9.17) is 14.0 Å². The van der Waals surface area contributed by atoms with Crippen LogP contribution in [0.1, 0.15) is 22.8 Å². The zero-order valence-corrected chi connectivity index (χ0v) is 19.8. The summed E-state index contributed by atoms with van der Waals surface area (Å²) in [6.45, 7) is 2.07. The summed E-state index contributed by atoms with van der Waals surface area (Å²) in [5, 5.41) is 10.4. The summed E-state index contributed by atoms with van der Waals surface area (Å²) < 4.78 is 16.1. The summed E-state index contributed by atoms with van der Waals surface area (Å²) in [4.78, 5) is 25.4. The lowest BCUT2D eigenvalue weighted by atomic mass is 10.1. The quantitative estimate of drug-likeness (QED) is 0.381. The third-order valence-corrected chi connectivity index (χ3v) is 5.68. The van der Waals surface area contributed by atoms with Gasteiger partial charge in [0.1, 0.15) is 11.6 Å². The Kier molecular flexibility index (Phi) is 7.30. The second-order valence-electron chi connectivity index (χ2n) is 8.04. The minimum atomic E-state index is -0.709. The molecule has 2 N–H and O–H groups in total. The largest absolute Gasteiger partial charge is 0.493 e. The lowest BCUT2D eigenvalue weighted by molar-refractivity contribution is -0.122. The lowest BCUT2D eigenvalue weighted by Gasteiger charge is -2.15. The number of carbonyl (C=O) groups is 2. The molecular weight excluding hydrogens is 446 g/mol. The standard InChI is InChI=1S/C27H27N3O5/c1-17(26(31)28-14-13-18-9-12-23(33-2)24(15-18)34-3)29-27(32)20-10-11-22-21(16-20)25(35-30-22)19-7-5-4-6-8-19/h4-12,15-17H,13-14H2,1-3H3,(H,28,31)(H,29,32)/t17-/m1/s1. The number of hydrogen-bond donors (Lipinski definition) is 2. The summed E-state index contributed by atoms with van der Waals surface area (Å²) in [7, 11) is 3.16. The molecule has 0 aliphatic rings. The number of benzene rings is 3. The molecule has 0 radical (unpaired) electrons. The first-order chi connectivity index (χ1) is 17.0. The van der Waals surface area contributed by atoms with E-state index >= 15 is 0 Å². The van der Waals surface area contributed by atoms with Gasteiger partial charge in [-0.1, -0.05) is 41.6 Å². The van der Waals surface area contributed by atoms with E-state index in [0.29, 0.717) is 41.3 Å². The predicted molar refractivity (Wildman–Crippen MR) is 133 cm³/mol. The molecule has 8 nitrogen and oxygen atoms in total. The van der Waals surface area contributed by atoms with Crippen LogP contribution in [0.5, 0.6) is 11.5 Å². The molecule has 4 aromatic rings. The molecular formula is C27H27N3O5. The van der Waals surface area contributed by atoms with Crippen molar-refractivity contribution in [3.05, 3.63) is 77.9 Å². The Morgan fingerprint density at radius 1 is 0.971 bits per heavy atom. The van der Waals surface area contributed by atoms with Crippen molar-refractivity contribution in [3.63, 3.8) is 0 Å².